The molecule has 0 aliphatic rings. The second-order valence-corrected chi connectivity index (χ2v) is 6.09. The van der Waals surface area contributed by atoms with Gasteiger partial charge in [0.25, 0.3) is 0 Å². The van der Waals surface area contributed by atoms with Gasteiger partial charge in [0.2, 0.25) is 0 Å². The Kier molecular flexibility index (Phi) is 3.54. The van der Waals surface area contributed by atoms with Crippen LogP contribution in [0.5, 0.6) is 0 Å². The third-order valence-electron chi connectivity index (χ3n) is 3.16. The largest absolute Gasteiger partial charge is 0.374 e. The molecule has 0 radical (unpaired) electrons. The summed E-state index contributed by atoms with van der Waals surface area (Å²) in [5, 5.41) is 1.51. The molecule has 4 nitrogen and oxygen atoms in total. The first-order valence-corrected chi connectivity index (χ1v) is 7.13. The summed E-state index contributed by atoms with van der Waals surface area (Å²) in [6.07, 6.45) is 0. The fourth-order valence-corrected chi connectivity index (χ4v) is 2.26. The van der Waals surface area contributed by atoms with Crippen molar-refractivity contribution >= 4 is 27.8 Å². The minimum atomic E-state index is -0.561. The number of carbonyl (C=O) groups is 1. The van der Waals surface area contributed by atoms with E-state index >= 15 is 0 Å². The van der Waals surface area contributed by atoms with E-state index in [9.17, 15) is 4.79 Å². The Bertz CT molecular complexity index is 796. The molecule has 2 aromatic carbocycles. The van der Waals surface area contributed by atoms with Crippen LogP contribution in [0.2, 0.25) is 0 Å². The van der Waals surface area contributed by atoms with E-state index in [1.807, 2.05) is 69.3 Å². The van der Waals surface area contributed by atoms with Gasteiger partial charge < -0.3 is 0 Å². The van der Waals surface area contributed by atoms with Crippen molar-refractivity contribution in [3.63, 3.8) is 0 Å². The summed E-state index contributed by atoms with van der Waals surface area (Å²) in [5.41, 5.74) is 1.42. The molecule has 0 saturated heterocycles. The molecule has 0 bridgehead atoms. The Balaban J connectivity index is 2.18. The van der Waals surface area contributed by atoms with E-state index in [0.717, 1.165) is 21.8 Å². The molecule has 0 atom stereocenters. The standard InChI is InChI=1S/C18H17NO3/c1-18(2,3)22-21-17(20)16-12-8-4-6-10-14(12)19-15-11-7-5-9-13(15)16/h4-11H,1-3H3. The molecular formula is C18H17NO3. The average Bonchev–Trinajstić information content (AvgIpc) is 2.49. The molecule has 0 amide bonds. The molecular weight excluding hydrogens is 278 g/mol. The van der Waals surface area contributed by atoms with Gasteiger partial charge in [-0.05, 0) is 32.9 Å². The summed E-state index contributed by atoms with van der Waals surface area (Å²) in [6.45, 7) is 5.47. The van der Waals surface area contributed by atoms with Crippen LogP contribution in [0.3, 0.4) is 0 Å². The molecule has 1 heterocycles. The highest BCUT2D eigenvalue weighted by atomic mass is 17.2. The van der Waals surface area contributed by atoms with Crippen LogP contribution < -0.4 is 0 Å². The van der Waals surface area contributed by atoms with E-state index in [0.29, 0.717) is 5.56 Å². The number of carbonyl (C=O) groups excluding carboxylic acids is 1. The van der Waals surface area contributed by atoms with Gasteiger partial charge in [-0.1, -0.05) is 36.4 Å². The number of benzene rings is 2. The summed E-state index contributed by atoms with van der Waals surface area (Å²) in [6, 6.07) is 15.0. The van der Waals surface area contributed by atoms with Crippen molar-refractivity contribution in [3.05, 3.63) is 54.1 Å². The molecule has 112 valence electrons. The summed E-state index contributed by atoms with van der Waals surface area (Å²) in [5.74, 6) is -0.510. The lowest BCUT2D eigenvalue weighted by Gasteiger charge is -2.17. The molecule has 0 N–H and O–H groups in total. The number of fused-ring (bicyclic) bond motifs is 2. The first-order chi connectivity index (χ1) is 10.5. The Hall–Kier alpha value is -2.46. The van der Waals surface area contributed by atoms with Crippen molar-refractivity contribution in [3.8, 4) is 0 Å². The van der Waals surface area contributed by atoms with Gasteiger partial charge in [0.1, 0.15) is 5.60 Å². The summed E-state index contributed by atoms with van der Waals surface area (Å²) in [7, 11) is 0. The zero-order chi connectivity index (χ0) is 15.7. The molecule has 0 spiro atoms. The van der Waals surface area contributed by atoms with Crippen molar-refractivity contribution in [2.45, 2.75) is 26.4 Å². The van der Waals surface area contributed by atoms with Gasteiger partial charge in [0, 0.05) is 10.8 Å². The summed E-state index contributed by atoms with van der Waals surface area (Å²) < 4.78 is 0. The second kappa shape index (κ2) is 5.39. The lowest BCUT2D eigenvalue weighted by atomic mass is 10.0. The maximum absolute atomic E-state index is 12.5. The maximum atomic E-state index is 12.5. The normalized spacial score (nSPS) is 11.8. The van der Waals surface area contributed by atoms with Gasteiger partial charge in [0.05, 0.1) is 16.6 Å². The van der Waals surface area contributed by atoms with Gasteiger partial charge in [-0.25, -0.2) is 9.78 Å². The fraction of sp³-hybridized carbons (Fsp3) is 0.222. The van der Waals surface area contributed by atoms with Crippen molar-refractivity contribution < 1.29 is 14.6 Å². The summed E-state index contributed by atoms with van der Waals surface area (Å²) >= 11 is 0. The van der Waals surface area contributed by atoms with Gasteiger partial charge in [-0.2, -0.15) is 4.89 Å². The highest BCUT2D eigenvalue weighted by Crippen LogP contribution is 2.27. The van der Waals surface area contributed by atoms with Crippen LogP contribution in [0.15, 0.2) is 48.5 Å². The van der Waals surface area contributed by atoms with Crippen LogP contribution in [-0.2, 0) is 9.78 Å². The van der Waals surface area contributed by atoms with E-state index in [2.05, 4.69) is 4.98 Å². The minimum Gasteiger partial charge on any atom is -0.292 e. The zero-order valence-corrected chi connectivity index (χ0v) is 12.8. The highest BCUT2D eigenvalue weighted by Gasteiger charge is 2.21. The first-order valence-electron chi connectivity index (χ1n) is 7.13. The average molecular weight is 295 g/mol. The third kappa shape index (κ3) is 2.78. The molecule has 0 aliphatic heterocycles. The lowest BCUT2D eigenvalue weighted by molar-refractivity contribution is -0.301. The number of nitrogens with zero attached hydrogens (tertiary/aromatic N) is 1. The topological polar surface area (TPSA) is 48.4 Å². The number of aromatic nitrogens is 1. The molecule has 22 heavy (non-hydrogen) atoms. The number of rotatable bonds is 2. The van der Waals surface area contributed by atoms with Gasteiger partial charge >= 0.3 is 5.97 Å². The Labute approximate surface area is 128 Å². The van der Waals surface area contributed by atoms with E-state index in [-0.39, 0.29) is 0 Å². The van der Waals surface area contributed by atoms with E-state index in [1.165, 1.54) is 0 Å². The van der Waals surface area contributed by atoms with Crippen LogP contribution >= 0.6 is 0 Å². The second-order valence-electron chi connectivity index (χ2n) is 6.09. The van der Waals surface area contributed by atoms with Crippen LogP contribution in [0.1, 0.15) is 31.1 Å². The number of pyridine rings is 1. The van der Waals surface area contributed by atoms with Crippen molar-refractivity contribution in [1.82, 2.24) is 4.98 Å². The molecule has 3 rings (SSSR count). The van der Waals surface area contributed by atoms with Crippen molar-refractivity contribution in [2.75, 3.05) is 0 Å². The SMILES string of the molecule is CC(C)(C)OOC(=O)c1c2ccccc2nc2ccccc12. The molecule has 3 aromatic rings. The first kappa shape index (κ1) is 14.5. The predicted molar refractivity (Wildman–Crippen MR) is 85.5 cm³/mol. The molecule has 0 aliphatic carbocycles. The number of hydrogen-bond donors (Lipinski definition) is 0. The molecule has 0 unspecified atom stereocenters. The Morgan fingerprint density at radius 1 is 0.909 bits per heavy atom. The Morgan fingerprint density at radius 2 is 1.41 bits per heavy atom. The summed E-state index contributed by atoms with van der Waals surface area (Å²) in [4.78, 5) is 27.3. The molecule has 4 heteroatoms. The van der Waals surface area contributed by atoms with E-state index < -0.39 is 11.6 Å². The van der Waals surface area contributed by atoms with Crippen LogP contribution in [-0.4, -0.2) is 16.6 Å². The monoisotopic (exact) mass is 295 g/mol. The molecule has 1 aromatic heterocycles. The van der Waals surface area contributed by atoms with Crippen molar-refractivity contribution in [2.24, 2.45) is 0 Å². The highest BCUT2D eigenvalue weighted by molar-refractivity contribution is 6.14. The quantitative estimate of drug-likeness (QED) is 0.402. The minimum absolute atomic E-state index is 0.477. The van der Waals surface area contributed by atoms with Gasteiger partial charge in [0.15, 0.2) is 0 Å². The van der Waals surface area contributed by atoms with Crippen LogP contribution in [0, 0.1) is 0 Å². The van der Waals surface area contributed by atoms with Crippen LogP contribution in [0.4, 0.5) is 0 Å². The van der Waals surface area contributed by atoms with Gasteiger partial charge in [-0.3, -0.25) is 4.89 Å². The zero-order valence-electron chi connectivity index (χ0n) is 12.8. The fourth-order valence-electron chi connectivity index (χ4n) is 2.26. The van der Waals surface area contributed by atoms with E-state index in [4.69, 9.17) is 9.78 Å². The Morgan fingerprint density at radius 3 is 1.91 bits per heavy atom. The number of hydrogen-bond acceptors (Lipinski definition) is 4. The third-order valence-corrected chi connectivity index (χ3v) is 3.16. The van der Waals surface area contributed by atoms with E-state index in [1.54, 1.807) is 0 Å². The maximum Gasteiger partial charge on any atom is 0.374 e. The van der Waals surface area contributed by atoms with Crippen molar-refractivity contribution in [1.29, 1.82) is 0 Å². The smallest absolute Gasteiger partial charge is 0.292 e. The van der Waals surface area contributed by atoms with Gasteiger partial charge in [-0.15, -0.1) is 0 Å². The lowest BCUT2D eigenvalue weighted by Crippen LogP contribution is -2.22. The molecule has 0 saturated carbocycles. The molecule has 0 fully saturated rings. The predicted octanol–water partition coefficient (Wildman–Crippen LogP) is 4.27. The van der Waals surface area contributed by atoms with Crippen LogP contribution in [0.25, 0.3) is 21.8 Å². The number of para-hydroxylation sites is 2.